The molecule has 1 atom stereocenters. The quantitative estimate of drug-likeness (QED) is 0.747. The minimum atomic E-state index is 0.183. The van der Waals surface area contributed by atoms with Gasteiger partial charge in [0, 0.05) is 18.7 Å². The fraction of sp³-hybridized carbons (Fsp3) is 0.545. The molecule has 84 valence electrons. The highest BCUT2D eigenvalue weighted by Crippen LogP contribution is 2.10. The molecule has 3 N–H and O–H groups in total. The lowest BCUT2D eigenvalue weighted by Gasteiger charge is -2.12. The fourth-order valence-electron chi connectivity index (χ4n) is 1.34. The second-order valence-electron chi connectivity index (χ2n) is 3.49. The lowest BCUT2D eigenvalue weighted by Crippen LogP contribution is -2.28. The van der Waals surface area contributed by atoms with Gasteiger partial charge in [-0.1, -0.05) is 19.4 Å². The molecule has 0 fully saturated rings. The van der Waals surface area contributed by atoms with Crippen molar-refractivity contribution in [2.24, 2.45) is 5.73 Å². The maximum atomic E-state index is 5.88. The van der Waals surface area contributed by atoms with E-state index in [1.807, 2.05) is 18.2 Å². The molecule has 1 rings (SSSR count). The van der Waals surface area contributed by atoms with Crippen molar-refractivity contribution < 1.29 is 4.74 Å². The van der Waals surface area contributed by atoms with E-state index in [-0.39, 0.29) is 6.04 Å². The van der Waals surface area contributed by atoms with Crippen molar-refractivity contribution in [1.82, 2.24) is 4.98 Å². The van der Waals surface area contributed by atoms with Crippen molar-refractivity contribution >= 4 is 5.82 Å². The molecule has 0 radical (unpaired) electrons. The summed E-state index contributed by atoms with van der Waals surface area (Å²) >= 11 is 0. The standard InChI is InChI=1S/C11H19N3O/c1-3-5-9(12)8-13-10-6-4-7-11(14-10)15-2/h4,6-7,9H,3,5,8,12H2,1-2H3,(H,13,14). The van der Waals surface area contributed by atoms with Gasteiger partial charge in [-0.05, 0) is 12.5 Å². The van der Waals surface area contributed by atoms with Crippen molar-refractivity contribution in [2.45, 2.75) is 25.8 Å². The van der Waals surface area contributed by atoms with Crippen LogP contribution in [0, 0.1) is 0 Å². The van der Waals surface area contributed by atoms with Crippen LogP contribution in [-0.4, -0.2) is 24.7 Å². The van der Waals surface area contributed by atoms with E-state index < -0.39 is 0 Å². The summed E-state index contributed by atoms with van der Waals surface area (Å²) in [6.45, 7) is 2.87. The summed E-state index contributed by atoms with van der Waals surface area (Å²) in [5.74, 6) is 1.42. The van der Waals surface area contributed by atoms with Crippen LogP contribution in [0.25, 0.3) is 0 Å². The lowest BCUT2D eigenvalue weighted by atomic mass is 10.2. The highest BCUT2D eigenvalue weighted by atomic mass is 16.5. The van der Waals surface area contributed by atoms with Gasteiger partial charge in [-0.15, -0.1) is 0 Å². The summed E-state index contributed by atoms with van der Waals surface area (Å²) in [6.07, 6.45) is 2.13. The van der Waals surface area contributed by atoms with Crippen LogP contribution in [0.4, 0.5) is 5.82 Å². The van der Waals surface area contributed by atoms with Crippen LogP contribution in [0.1, 0.15) is 19.8 Å². The highest BCUT2D eigenvalue weighted by molar-refractivity contribution is 5.37. The van der Waals surface area contributed by atoms with Gasteiger partial charge in [-0.2, -0.15) is 4.98 Å². The van der Waals surface area contributed by atoms with Gasteiger partial charge in [-0.3, -0.25) is 0 Å². The van der Waals surface area contributed by atoms with Crippen molar-refractivity contribution in [3.05, 3.63) is 18.2 Å². The van der Waals surface area contributed by atoms with E-state index in [9.17, 15) is 0 Å². The number of rotatable bonds is 6. The summed E-state index contributed by atoms with van der Waals surface area (Å²) in [5.41, 5.74) is 5.88. The largest absolute Gasteiger partial charge is 0.481 e. The van der Waals surface area contributed by atoms with Crippen LogP contribution in [0.15, 0.2) is 18.2 Å². The number of aromatic nitrogens is 1. The Bertz CT molecular complexity index is 291. The molecule has 0 aliphatic carbocycles. The molecular weight excluding hydrogens is 190 g/mol. The van der Waals surface area contributed by atoms with Crippen LogP contribution >= 0.6 is 0 Å². The van der Waals surface area contributed by atoms with E-state index in [0.29, 0.717) is 5.88 Å². The van der Waals surface area contributed by atoms with Crippen LogP contribution in [-0.2, 0) is 0 Å². The zero-order valence-corrected chi connectivity index (χ0v) is 9.36. The number of ether oxygens (including phenoxy) is 1. The molecule has 0 bridgehead atoms. The third-order valence-corrected chi connectivity index (χ3v) is 2.14. The molecular formula is C11H19N3O. The Balaban J connectivity index is 2.43. The minimum Gasteiger partial charge on any atom is -0.481 e. The van der Waals surface area contributed by atoms with Gasteiger partial charge in [0.1, 0.15) is 5.82 Å². The van der Waals surface area contributed by atoms with Gasteiger partial charge in [0.05, 0.1) is 7.11 Å². The molecule has 4 heteroatoms. The first-order valence-electron chi connectivity index (χ1n) is 5.26. The topological polar surface area (TPSA) is 60.2 Å². The van der Waals surface area contributed by atoms with E-state index in [1.54, 1.807) is 7.11 Å². The number of nitrogens with zero attached hydrogens (tertiary/aromatic N) is 1. The van der Waals surface area contributed by atoms with Gasteiger partial charge in [-0.25, -0.2) is 0 Å². The Hall–Kier alpha value is -1.29. The Kier molecular flexibility index (Phi) is 4.90. The summed E-state index contributed by atoms with van der Waals surface area (Å²) in [6, 6.07) is 5.81. The highest BCUT2D eigenvalue weighted by Gasteiger charge is 2.01. The van der Waals surface area contributed by atoms with Gasteiger partial charge in [0.25, 0.3) is 0 Å². The number of nitrogens with one attached hydrogen (secondary N) is 1. The normalized spacial score (nSPS) is 12.2. The molecule has 1 aromatic rings. The molecule has 1 aromatic heterocycles. The monoisotopic (exact) mass is 209 g/mol. The number of anilines is 1. The van der Waals surface area contributed by atoms with Gasteiger partial charge in [0.15, 0.2) is 0 Å². The first-order valence-corrected chi connectivity index (χ1v) is 5.26. The van der Waals surface area contributed by atoms with Crippen molar-refractivity contribution in [1.29, 1.82) is 0 Å². The molecule has 0 amide bonds. The van der Waals surface area contributed by atoms with E-state index >= 15 is 0 Å². The SMILES string of the molecule is CCCC(N)CNc1cccc(OC)n1. The third-order valence-electron chi connectivity index (χ3n) is 2.14. The fourth-order valence-corrected chi connectivity index (χ4v) is 1.34. The summed E-state index contributed by atoms with van der Waals surface area (Å²) in [7, 11) is 1.61. The maximum Gasteiger partial charge on any atom is 0.214 e. The first-order chi connectivity index (χ1) is 7.26. The molecule has 1 heterocycles. The molecule has 4 nitrogen and oxygen atoms in total. The molecule has 1 unspecified atom stereocenters. The van der Waals surface area contributed by atoms with Gasteiger partial charge >= 0.3 is 0 Å². The molecule has 0 aliphatic heterocycles. The predicted octanol–water partition coefficient (Wildman–Crippen LogP) is 1.63. The van der Waals surface area contributed by atoms with E-state index in [2.05, 4.69) is 17.2 Å². The lowest BCUT2D eigenvalue weighted by molar-refractivity contribution is 0.398. The van der Waals surface area contributed by atoms with Gasteiger partial charge in [0.2, 0.25) is 5.88 Å². The van der Waals surface area contributed by atoms with Crippen LogP contribution in [0.3, 0.4) is 0 Å². The summed E-state index contributed by atoms with van der Waals surface area (Å²) < 4.78 is 5.03. The van der Waals surface area contributed by atoms with E-state index in [1.165, 1.54) is 0 Å². The number of hydrogen-bond acceptors (Lipinski definition) is 4. The zero-order valence-electron chi connectivity index (χ0n) is 9.36. The molecule has 15 heavy (non-hydrogen) atoms. The Morgan fingerprint density at radius 3 is 3.00 bits per heavy atom. The Morgan fingerprint density at radius 1 is 1.53 bits per heavy atom. The Morgan fingerprint density at radius 2 is 2.33 bits per heavy atom. The molecule has 0 saturated carbocycles. The smallest absolute Gasteiger partial charge is 0.214 e. The second kappa shape index (κ2) is 6.24. The molecule has 0 aromatic carbocycles. The third kappa shape index (κ3) is 4.16. The number of hydrogen-bond donors (Lipinski definition) is 2. The average Bonchev–Trinajstić information content (AvgIpc) is 2.27. The predicted molar refractivity (Wildman–Crippen MR) is 62.2 cm³/mol. The van der Waals surface area contributed by atoms with Crippen LogP contribution in [0.2, 0.25) is 0 Å². The zero-order chi connectivity index (χ0) is 11.1. The van der Waals surface area contributed by atoms with Crippen molar-refractivity contribution in [3.8, 4) is 5.88 Å². The maximum absolute atomic E-state index is 5.88. The van der Waals surface area contributed by atoms with Crippen molar-refractivity contribution in [3.63, 3.8) is 0 Å². The second-order valence-corrected chi connectivity index (χ2v) is 3.49. The molecule has 0 aliphatic rings. The number of nitrogens with two attached hydrogens (primary N) is 1. The van der Waals surface area contributed by atoms with Crippen LogP contribution in [0.5, 0.6) is 5.88 Å². The van der Waals surface area contributed by atoms with E-state index in [4.69, 9.17) is 10.5 Å². The average molecular weight is 209 g/mol. The number of methoxy groups -OCH3 is 1. The Labute approximate surface area is 90.8 Å². The van der Waals surface area contributed by atoms with Crippen LogP contribution < -0.4 is 15.8 Å². The van der Waals surface area contributed by atoms with E-state index in [0.717, 1.165) is 25.2 Å². The minimum absolute atomic E-state index is 0.183. The molecule has 0 saturated heterocycles. The summed E-state index contributed by atoms with van der Waals surface area (Å²) in [5, 5.41) is 3.19. The molecule has 0 spiro atoms. The summed E-state index contributed by atoms with van der Waals surface area (Å²) in [4.78, 5) is 4.23. The number of pyridine rings is 1. The van der Waals surface area contributed by atoms with Gasteiger partial charge < -0.3 is 15.8 Å². The van der Waals surface area contributed by atoms with Crippen molar-refractivity contribution in [2.75, 3.05) is 19.0 Å². The first kappa shape index (κ1) is 11.8.